The summed E-state index contributed by atoms with van der Waals surface area (Å²) in [6, 6.07) is 6.51. The van der Waals surface area contributed by atoms with Crippen molar-refractivity contribution in [3.63, 3.8) is 0 Å². The van der Waals surface area contributed by atoms with Crippen molar-refractivity contribution in [2.45, 2.75) is 46.1 Å². The molecule has 1 aromatic carbocycles. The van der Waals surface area contributed by atoms with Crippen molar-refractivity contribution in [1.29, 1.82) is 0 Å². The molecule has 1 atom stereocenters. The molecule has 4 heteroatoms. The van der Waals surface area contributed by atoms with Crippen LogP contribution in [0.15, 0.2) is 18.2 Å². The van der Waals surface area contributed by atoms with Crippen molar-refractivity contribution in [3.05, 3.63) is 23.8 Å². The average Bonchev–Trinajstić information content (AvgIpc) is 2.51. The Morgan fingerprint density at radius 2 is 1.95 bits per heavy atom. The Labute approximate surface area is 136 Å². The molecule has 4 nitrogen and oxygen atoms in total. The molecule has 0 spiro atoms. The van der Waals surface area contributed by atoms with Crippen LogP contribution in [0.4, 0.5) is 5.69 Å². The number of unbranched alkanes of at least 4 members (excludes halogenated alkanes) is 1. The van der Waals surface area contributed by atoms with Crippen molar-refractivity contribution in [3.8, 4) is 5.75 Å². The van der Waals surface area contributed by atoms with E-state index >= 15 is 0 Å². The zero-order valence-corrected chi connectivity index (χ0v) is 14.7. The molecule has 22 heavy (non-hydrogen) atoms. The lowest BCUT2D eigenvalue weighted by Gasteiger charge is -2.18. The highest BCUT2D eigenvalue weighted by atomic mass is 16.5. The van der Waals surface area contributed by atoms with E-state index in [0.717, 1.165) is 31.8 Å². The minimum absolute atomic E-state index is 0.459. The topological polar surface area (TPSA) is 50.5 Å². The fourth-order valence-corrected chi connectivity index (χ4v) is 2.69. The summed E-state index contributed by atoms with van der Waals surface area (Å²) < 4.78 is 5.19. The van der Waals surface area contributed by atoms with Gasteiger partial charge in [-0.1, -0.05) is 19.9 Å². The molecular weight excluding hydrogens is 274 g/mol. The molecule has 0 aromatic heterocycles. The van der Waals surface area contributed by atoms with Crippen molar-refractivity contribution in [1.82, 2.24) is 10.2 Å². The first-order valence-corrected chi connectivity index (χ1v) is 8.48. The third-order valence-electron chi connectivity index (χ3n) is 4.12. The zero-order valence-electron chi connectivity index (χ0n) is 14.7. The monoisotopic (exact) mass is 307 g/mol. The molecule has 0 radical (unpaired) electrons. The summed E-state index contributed by atoms with van der Waals surface area (Å²) in [6.07, 6.45) is 3.48. The maximum absolute atomic E-state index is 5.95. The molecule has 0 amide bonds. The molecule has 3 N–H and O–H groups in total. The van der Waals surface area contributed by atoms with Gasteiger partial charge in [0.1, 0.15) is 5.75 Å². The maximum atomic E-state index is 5.95. The number of benzene rings is 1. The highest BCUT2D eigenvalue weighted by Gasteiger charge is 2.06. The summed E-state index contributed by atoms with van der Waals surface area (Å²) in [5, 5.41) is 3.60. The van der Waals surface area contributed by atoms with Crippen LogP contribution in [0.25, 0.3) is 0 Å². The number of nitrogens with zero attached hydrogens (tertiary/aromatic N) is 1. The first kappa shape index (κ1) is 18.8. The van der Waals surface area contributed by atoms with E-state index in [0.29, 0.717) is 11.7 Å². The maximum Gasteiger partial charge on any atom is 0.141 e. The van der Waals surface area contributed by atoms with Gasteiger partial charge in [0, 0.05) is 6.04 Å². The third-order valence-corrected chi connectivity index (χ3v) is 4.12. The van der Waals surface area contributed by atoms with E-state index in [1.165, 1.54) is 24.9 Å². The van der Waals surface area contributed by atoms with Gasteiger partial charge in [-0.3, -0.25) is 0 Å². The summed E-state index contributed by atoms with van der Waals surface area (Å²) in [5.41, 5.74) is 7.92. The van der Waals surface area contributed by atoms with Gasteiger partial charge >= 0.3 is 0 Å². The lowest BCUT2D eigenvalue weighted by molar-refractivity contribution is 0.295. The smallest absolute Gasteiger partial charge is 0.141 e. The van der Waals surface area contributed by atoms with Crippen LogP contribution in [0.2, 0.25) is 0 Å². The molecule has 0 aliphatic heterocycles. The molecule has 0 bridgehead atoms. The Bertz CT molecular complexity index is 419. The minimum atomic E-state index is 0.459. The van der Waals surface area contributed by atoms with Crippen LogP contribution < -0.4 is 15.8 Å². The standard InChI is InChI=1S/C18H33N3O/c1-5-21(6-2)12-8-7-11-20-15(3)13-16-9-10-18(22-4)17(19)14-16/h9-10,14-15,20H,5-8,11-13,19H2,1-4H3. The van der Waals surface area contributed by atoms with Crippen LogP contribution in [0, 0.1) is 0 Å². The van der Waals surface area contributed by atoms with Gasteiger partial charge in [-0.15, -0.1) is 0 Å². The van der Waals surface area contributed by atoms with Crippen LogP contribution in [0.5, 0.6) is 5.75 Å². The molecule has 0 saturated heterocycles. The quantitative estimate of drug-likeness (QED) is 0.487. The second kappa shape index (κ2) is 10.5. The molecule has 0 heterocycles. The predicted molar refractivity (Wildman–Crippen MR) is 95.6 cm³/mol. The van der Waals surface area contributed by atoms with E-state index in [4.69, 9.17) is 10.5 Å². The lowest BCUT2D eigenvalue weighted by atomic mass is 10.1. The lowest BCUT2D eigenvalue weighted by Crippen LogP contribution is -2.30. The minimum Gasteiger partial charge on any atom is -0.495 e. The number of methoxy groups -OCH3 is 1. The first-order chi connectivity index (χ1) is 10.6. The Kier molecular flexibility index (Phi) is 8.94. The molecule has 1 rings (SSSR count). The molecule has 0 aliphatic rings. The Hall–Kier alpha value is -1.26. The van der Waals surface area contributed by atoms with Crippen LogP contribution >= 0.6 is 0 Å². The van der Waals surface area contributed by atoms with E-state index in [1.807, 2.05) is 12.1 Å². The van der Waals surface area contributed by atoms with Gasteiger partial charge in [0.05, 0.1) is 12.8 Å². The molecular formula is C18H33N3O. The van der Waals surface area contributed by atoms with Gasteiger partial charge in [0.15, 0.2) is 0 Å². The fraction of sp³-hybridized carbons (Fsp3) is 0.667. The molecule has 1 unspecified atom stereocenters. The summed E-state index contributed by atoms with van der Waals surface area (Å²) in [7, 11) is 1.65. The summed E-state index contributed by atoms with van der Waals surface area (Å²) in [6.45, 7) is 11.3. The van der Waals surface area contributed by atoms with E-state index < -0.39 is 0 Å². The molecule has 1 aromatic rings. The number of rotatable bonds is 11. The highest BCUT2D eigenvalue weighted by Crippen LogP contribution is 2.22. The number of hydrogen-bond acceptors (Lipinski definition) is 4. The number of nitrogens with two attached hydrogens (primary N) is 1. The normalized spacial score (nSPS) is 12.6. The molecule has 126 valence electrons. The van der Waals surface area contributed by atoms with Gasteiger partial charge in [-0.2, -0.15) is 0 Å². The number of ether oxygens (including phenoxy) is 1. The van der Waals surface area contributed by atoms with Crippen LogP contribution in [0.1, 0.15) is 39.2 Å². The third kappa shape index (κ3) is 6.67. The van der Waals surface area contributed by atoms with Crippen molar-refractivity contribution in [2.24, 2.45) is 0 Å². The van der Waals surface area contributed by atoms with E-state index in [2.05, 4.69) is 37.1 Å². The van der Waals surface area contributed by atoms with Crippen molar-refractivity contribution in [2.75, 3.05) is 39.0 Å². The molecule has 0 aliphatic carbocycles. The van der Waals surface area contributed by atoms with E-state index in [9.17, 15) is 0 Å². The van der Waals surface area contributed by atoms with Crippen molar-refractivity contribution >= 4 is 5.69 Å². The number of nitrogens with one attached hydrogen (secondary N) is 1. The first-order valence-electron chi connectivity index (χ1n) is 8.48. The van der Waals surface area contributed by atoms with Gasteiger partial charge < -0.3 is 20.7 Å². The Morgan fingerprint density at radius 3 is 2.55 bits per heavy atom. The van der Waals surface area contributed by atoms with Gasteiger partial charge in [0.2, 0.25) is 0 Å². The van der Waals surface area contributed by atoms with Crippen LogP contribution in [-0.4, -0.2) is 44.2 Å². The van der Waals surface area contributed by atoms with Gasteiger partial charge in [-0.25, -0.2) is 0 Å². The second-order valence-corrected chi connectivity index (χ2v) is 5.87. The Morgan fingerprint density at radius 1 is 1.23 bits per heavy atom. The summed E-state index contributed by atoms with van der Waals surface area (Å²) in [4.78, 5) is 2.48. The van der Waals surface area contributed by atoms with Gasteiger partial charge in [-0.05, 0) is 70.1 Å². The van der Waals surface area contributed by atoms with E-state index in [-0.39, 0.29) is 0 Å². The van der Waals surface area contributed by atoms with Crippen LogP contribution in [-0.2, 0) is 6.42 Å². The largest absolute Gasteiger partial charge is 0.495 e. The van der Waals surface area contributed by atoms with Crippen LogP contribution in [0.3, 0.4) is 0 Å². The Balaban J connectivity index is 2.23. The SMILES string of the molecule is CCN(CC)CCCCNC(C)Cc1ccc(OC)c(N)c1. The number of nitrogen functional groups attached to an aromatic ring is 1. The fourth-order valence-electron chi connectivity index (χ4n) is 2.69. The zero-order chi connectivity index (χ0) is 16.4. The summed E-state index contributed by atoms with van der Waals surface area (Å²) in [5.74, 6) is 0.751. The molecule has 0 fully saturated rings. The predicted octanol–water partition coefficient (Wildman–Crippen LogP) is 2.92. The summed E-state index contributed by atoms with van der Waals surface area (Å²) >= 11 is 0. The van der Waals surface area contributed by atoms with E-state index in [1.54, 1.807) is 7.11 Å². The number of hydrogen-bond donors (Lipinski definition) is 2. The van der Waals surface area contributed by atoms with Gasteiger partial charge in [0.25, 0.3) is 0 Å². The second-order valence-electron chi connectivity index (χ2n) is 5.87. The highest BCUT2D eigenvalue weighted by molar-refractivity contribution is 5.54. The molecule has 0 saturated carbocycles. The average molecular weight is 307 g/mol. The van der Waals surface area contributed by atoms with Crippen molar-refractivity contribution < 1.29 is 4.74 Å². The number of anilines is 1.